The fourth-order valence-electron chi connectivity index (χ4n) is 8.70. The topological polar surface area (TPSA) is 12.5 Å². The summed E-state index contributed by atoms with van der Waals surface area (Å²) in [6, 6.07) is 88.8. The first-order chi connectivity index (χ1) is 30.7. The second kappa shape index (κ2) is 16.1. The summed E-state index contributed by atoms with van der Waals surface area (Å²) in [5.41, 5.74) is 19.4. The van der Waals surface area contributed by atoms with E-state index in [4.69, 9.17) is 4.74 Å². The zero-order valence-electron chi connectivity index (χ0n) is 34.0. The van der Waals surface area contributed by atoms with E-state index in [1.54, 1.807) is 0 Å². The molecule has 292 valence electrons. The highest BCUT2D eigenvalue weighted by atomic mass is 16.5. The minimum absolute atomic E-state index is 0.838. The van der Waals surface area contributed by atoms with Gasteiger partial charge in [-0.25, -0.2) is 0 Å². The highest BCUT2D eigenvalue weighted by molar-refractivity contribution is 5.95. The molecule has 0 saturated heterocycles. The third-order valence-corrected chi connectivity index (χ3v) is 11.9. The summed E-state index contributed by atoms with van der Waals surface area (Å²) in [6.07, 6.45) is 0. The van der Waals surface area contributed by atoms with Crippen LogP contribution in [0.2, 0.25) is 0 Å². The third-order valence-electron chi connectivity index (χ3n) is 11.9. The number of benzene rings is 10. The molecular formula is C60H41NO. The van der Waals surface area contributed by atoms with E-state index in [9.17, 15) is 0 Å². The van der Waals surface area contributed by atoms with Gasteiger partial charge < -0.3 is 9.64 Å². The van der Waals surface area contributed by atoms with Crippen molar-refractivity contribution in [1.82, 2.24) is 0 Å². The Balaban J connectivity index is 0.966. The van der Waals surface area contributed by atoms with E-state index >= 15 is 0 Å². The first-order valence-electron chi connectivity index (χ1n) is 21.2. The fraction of sp³-hybridized carbons (Fsp3) is 0. The molecule has 0 radical (unpaired) electrons. The van der Waals surface area contributed by atoms with Crippen molar-refractivity contribution in [1.29, 1.82) is 0 Å². The van der Waals surface area contributed by atoms with Crippen molar-refractivity contribution in [2.24, 2.45) is 0 Å². The van der Waals surface area contributed by atoms with Gasteiger partial charge in [0.2, 0.25) is 0 Å². The molecule has 0 fully saturated rings. The molecule has 10 aromatic rings. The number of hydrogen-bond acceptors (Lipinski definition) is 2. The van der Waals surface area contributed by atoms with E-state index < -0.39 is 0 Å². The van der Waals surface area contributed by atoms with Gasteiger partial charge in [-0.05, 0) is 133 Å². The zero-order valence-corrected chi connectivity index (χ0v) is 34.0. The van der Waals surface area contributed by atoms with Crippen LogP contribution in [0.25, 0.3) is 77.9 Å². The van der Waals surface area contributed by atoms with E-state index in [0.29, 0.717) is 0 Å². The average molecular weight is 792 g/mol. The molecule has 0 atom stereocenters. The first-order valence-corrected chi connectivity index (χ1v) is 21.2. The van der Waals surface area contributed by atoms with Crippen molar-refractivity contribution in [3.63, 3.8) is 0 Å². The largest absolute Gasteiger partial charge is 0.456 e. The molecule has 1 aliphatic rings. The minimum atomic E-state index is 0.838. The van der Waals surface area contributed by atoms with E-state index in [1.807, 2.05) is 0 Å². The highest BCUT2D eigenvalue weighted by Gasteiger charge is 2.23. The Labute approximate surface area is 363 Å². The van der Waals surface area contributed by atoms with Crippen LogP contribution in [0, 0.1) is 0 Å². The summed E-state index contributed by atoms with van der Waals surface area (Å²) in [6.45, 7) is 0. The summed E-state index contributed by atoms with van der Waals surface area (Å²) in [5.74, 6) is 1.68. The number of fused-ring (bicyclic) bond motifs is 5. The maximum absolute atomic E-state index is 6.94. The van der Waals surface area contributed by atoms with Crippen molar-refractivity contribution >= 4 is 17.1 Å². The lowest BCUT2D eigenvalue weighted by atomic mass is 9.89. The van der Waals surface area contributed by atoms with Crippen molar-refractivity contribution in [2.75, 3.05) is 4.90 Å². The van der Waals surface area contributed by atoms with Crippen molar-refractivity contribution in [2.45, 2.75) is 0 Å². The minimum Gasteiger partial charge on any atom is -0.456 e. The number of ether oxygens (including phenoxy) is 1. The van der Waals surface area contributed by atoms with Gasteiger partial charge in [0.25, 0.3) is 0 Å². The van der Waals surface area contributed by atoms with Crippen LogP contribution in [-0.4, -0.2) is 0 Å². The smallest absolute Gasteiger partial charge is 0.135 e. The van der Waals surface area contributed by atoms with E-state index in [2.05, 4.69) is 254 Å². The standard InChI is InChI=1S/C60H41NO/c1-5-13-42(14-6-1)46-21-30-52(31-22-46)61(53-32-23-47(24-33-53)43-15-7-2-8-16-43)54-34-25-48(26-35-54)51-28-37-56-55-36-27-49(44-17-9-3-10-18-44)39-57(55)58-40-50(45-19-11-4-12-20-45)29-38-59(58)62-60(56)41-51/h1-41H. The maximum Gasteiger partial charge on any atom is 0.135 e. The van der Waals surface area contributed by atoms with Crippen molar-refractivity contribution < 1.29 is 4.74 Å². The Morgan fingerprint density at radius 3 is 0.984 bits per heavy atom. The highest BCUT2D eigenvalue weighted by Crippen LogP contribution is 2.50. The van der Waals surface area contributed by atoms with E-state index in [-0.39, 0.29) is 0 Å². The Hall–Kier alpha value is -8.20. The molecule has 10 aromatic carbocycles. The molecule has 0 aliphatic carbocycles. The molecule has 11 rings (SSSR count). The van der Waals surface area contributed by atoms with Crippen LogP contribution in [0.15, 0.2) is 249 Å². The van der Waals surface area contributed by atoms with Crippen LogP contribution in [-0.2, 0) is 0 Å². The molecule has 1 heterocycles. The lowest BCUT2D eigenvalue weighted by Gasteiger charge is -2.26. The monoisotopic (exact) mass is 791 g/mol. The normalized spacial score (nSPS) is 11.4. The number of nitrogens with zero attached hydrogens (tertiary/aromatic N) is 1. The molecule has 0 aromatic heterocycles. The van der Waals surface area contributed by atoms with E-state index in [0.717, 1.165) is 67.5 Å². The lowest BCUT2D eigenvalue weighted by molar-refractivity contribution is 0.488. The van der Waals surface area contributed by atoms with Gasteiger partial charge in [0, 0.05) is 28.2 Å². The van der Waals surface area contributed by atoms with Crippen LogP contribution in [0.1, 0.15) is 0 Å². The Kier molecular flexibility index (Phi) is 9.57. The Morgan fingerprint density at radius 2 is 0.532 bits per heavy atom. The van der Waals surface area contributed by atoms with Gasteiger partial charge >= 0.3 is 0 Å². The molecule has 0 N–H and O–H groups in total. The van der Waals surface area contributed by atoms with Crippen molar-refractivity contribution in [3.05, 3.63) is 249 Å². The number of hydrogen-bond donors (Lipinski definition) is 0. The predicted molar refractivity (Wildman–Crippen MR) is 259 cm³/mol. The van der Waals surface area contributed by atoms with Crippen molar-refractivity contribution in [3.8, 4) is 89.4 Å². The van der Waals surface area contributed by atoms with E-state index in [1.165, 1.54) is 38.9 Å². The van der Waals surface area contributed by atoms with Gasteiger partial charge in [0.05, 0.1) is 0 Å². The molecule has 62 heavy (non-hydrogen) atoms. The maximum atomic E-state index is 6.94. The number of rotatable bonds is 8. The summed E-state index contributed by atoms with van der Waals surface area (Å²) < 4.78 is 6.94. The first kappa shape index (κ1) is 36.8. The number of anilines is 3. The average Bonchev–Trinajstić information content (AvgIpc) is 3.49. The van der Waals surface area contributed by atoms with Gasteiger partial charge in [-0.3, -0.25) is 0 Å². The van der Waals surface area contributed by atoms with Gasteiger partial charge in [-0.15, -0.1) is 0 Å². The molecule has 0 amide bonds. The van der Waals surface area contributed by atoms with Gasteiger partial charge in [-0.1, -0.05) is 182 Å². The molecule has 0 spiro atoms. The third kappa shape index (κ3) is 7.14. The summed E-state index contributed by atoms with van der Waals surface area (Å²) in [5, 5.41) is 0. The van der Waals surface area contributed by atoms with Crippen LogP contribution < -0.4 is 9.64 Å². The van der Waals surface area contributed by atoms with Crippen LogP contribution in [0.5, 0.6) is 11.5 Å². The second-order valence-corrected chi connectivity index (χ2v) is 15.7. The van der Waals surface area contributed by atoms with Gasteiger partial charge in [0.15, 0.2) is 0 Å². The van der Waals surface area contributed by atoms with Gasteiger partial charge in [-0.2, -0.15) is 0 Å². The molecular weight excluding hydrogens is 751 g/mol. The molecule has 2 heteroatoms. The van der Waals surface area contributed by atoms with Crippen LogP contribution in [0.3, 0.4) is 0 Å². The zero-order chi connectivity index (χ0) is 41.2. The SMILES string of the molecule is c1ccc(-c2ccc(N(c3ccc(-c4ccccc4)cc3)c3ccc(-c4ccc5c(c4)Oc4ccc(-c6ccccc6)cc4-c4cc(-c6ccccc6)ccc4-5)cc3)cc2)cc1. The molecule has 0 saturated carbocycles. The van der Waals surface area contributed by atoms with Gasteiger partial charge in [0.1, 0.15) is 11.5 Å². The predicted octanol–water partition coefficient (Wildman–Crippen LogP) is 16.9. The molecule has 1 aliphatic heterocycles. The molecule has 2 nitrogen and oxygen atoms in total. The Morgan fingerprint density at radius 1 is 0.210 bits per heavy atom. The summed E-state index contributed by atoms with van der Waals surface area (Å²) in [4.78, 5) is 2.33. The lowest BCUT2D eigenvalue weighted by Crippen LogP contribution is -2.09. The summed E-state index contributed by atoms with van der Waals surface area (Å²) in [7, 11) is 0. The van der Waals surface area contributed by atoms with Crippen LogP contribution >= 0.6 is 0 Å². The summed E-state index contributed by atoms with van der Waals surface area (Å²) >= 11 is 0. The fourth-order valence-corrected chi connectivity index (χ4v) is 8.70. The molecule has 0 unspecified atom stereocenters. The Bertz CT molecular complexity index is 3060. The second-order valence-electron chi connectivity index (χ2n) is 15.7. The molecule has 0 bridgehead atoms. The quantitative estimate of drug-likeness (QED) is 0.152. The van der Waals surface area contributed by atoms with Crippen LogP contribution in [0.4, 0.5) is 17.1 Å².